The number of carbonyl (C=O) groups excluding carboxylic acids is 2. The van der Waals surface area contributed by atoms with E-state index in [2.05, 4.69) is 5.32 Å². The monoisotopic (exact) mass is 393 g/mol. The van der Waals surface area contributed by atoms with E-state index < -0.39 is 18.0 Å². The fraction of sp³-hybridized carbons (Fsp3) is 0.158. The quantitative estimate of drug-likeness (QED) is 0.575. The fourth-order valence-corrected chi connectivity index (χ4v) is 2.45. The highest BCUT2D eigenvalue weighted by Crippen LogP contribution is 2.22. The predicted molar refractivity (Wildman–Crippen MR) is 103 cm³/mol. The first kappa shape index (κ1) is 19.8. The van der Waals surface area contributed by atoms with Crippen molar-refractivity contribution in [2.75, 3.05) is 12.4 Å². The molecule has 1 atom stereocenters. The van der Waals surface area contributed by atoms with Gasteiger partial charge in [0.2, 0.25) is 0 Å². The van der Waals surface area contributed by atoms with E-state index in [0.29, 0.717) is 27.0 Å². The number of methoxy groups -OCH3 is 1. The fourth-order valence-electron chi connectivity index (χ4n) is 1.98. The zero-order chi connectivity index (χ0) is 19.1. The summed E-state index contributed by atoms with van der Waals surface area (Å²) in [5, 5.41) is 3.56. The molecule has 0 unspecified atom stereocenters. The van der Waals surface area contributed by atoms with Crippen LogP contribution in [0.15, 0.2) is 48.5 Å². The Morgan fingerprint density at radius 2 is 1.81 bits per heavy atom. The van der Waals surface area contributed by atoms with Gasteiger partial charge in [0.15, 0.2) is 6.10 Å². The maximum Gasteiger partial charge on any atom is 0.331 e. The van der Waals surface area contributed by atoms with E-state index in [4.69, 9.17) is 32.7 Å². The van der Waals surface area contributed by atoms with Crippen molar-refractivity contribution < 1.29 is 19.1 Å². The second-order valence-electron chi connectivity index (χ2n) is 5.30. The van der Waals surface area contributed by atoms with E-state index in [1.807, 2.05) is 0 Å². The van der Waals surface area contributed by atoms with Gasteiger partial charge in [-0.2, -0.15) is 0 Å². The molecule has 0 heterocycles. The van der Waals surface area contributed by atoms with E-state index in [1.165, 1.54) is 19.1 Å². The third kappa shape index (κ3) is 5.79. The molecule has 0 aliphatic carbocycles. The summed E-state index contributed by atoms with van der Waals surface area (Å²) < 4.78 is 10.1. The van der Waals surface area contributed by atoms with Gasteiger partial charge >= 0.3 is 5.97 Å². The van der Waals surface area contributed by atoms with Crippen LogP contribution in [-0.4, -0.2) is 25.1 Å². The molecule has 0 aliphatic heterocycles. The lowest BCUT2D eigenvalue weighted by Crippen LogP contribution is -2.29. The van der Waals surface area contributed by atoms with Crippen molar-refractivity contribution in [2.45, 2.75) is 13.0 Å². The van der Waals surface area contributed by atoms with E-state index in [0.717, 1.165) is 0 Å². The largest absolute Gasteiger partial charge is 0.497 e. The molecule has 0 fully saturated rings. The Bertz CT molecular complexity index is 819. The number of nitrogens with one attached hydrogen (secondary N) is 1. The van der Waals surface area contributed by atoms with Crippen LogP contribution in [0.4, 0.5) is 5.69 Å². The molecule has 5 nitrogen and oxygen atoms in total. The minimum atomic E-state index is -0.963. The van der Waals surface area contributed by atoms with Crippen molar-refractivity contribution in [1.29, 1.82) is 0 Å². The second-order valence-corrected chi connectivity index (χ2v) is 6.14. The molecule has 1 N–H and O–H groups in total. The molecule has 0 bridgehead atoms. The number of halogens is 2. The van der Waals surface area contributed by atoms with Crippen LogP contribution in [0.25, 0.3) is 6.08 Å². The van der Waals surface area contributed by atoms with Gasteiger partial charge in [0.25, 0.3) is 5.91 Å². The molecule has 2 aromatic rings. The van der Waals surface area contributed by atoms with Gasteiger partial charge in [0.05, 0.1) is 7.11 Å². The molecule has 7 heteroatoms. The lowest BCUT2D eigenvalue weighted by Gasteiger charge is -2.12. The summed E-state index contributed by atoms with van der Waals surface area (Å²) in [5.74, 6) is -0.427. The third-order valence-electron chi connectivity index (χ3n) is 3.38. The molecule has 0 saturated heterocycles. The molecular formula is C19H17Cl2NO4. The molecular weight excluding hydrogens is 377 g/mol. The molecule has 2 rings (SSSR count). The topological polar surface area (TPSA) is 64.6 Å². The van der Waals surface area contributed by atoms with Gasteiger partial charge in [0.1, 0.15) is 5.75 Å². The van der Waals surface area contributed by atoms with Crippen LogP contribution in [-0.2, 0) is 14.3 Å². The number of carbonyl (C=O) groups is 2. The van der Waals surface area contributed by atoms with Gasteiger partial charge in [-0.1, -0.05) is 29.3 Å². The Balaban J connectivity index is 1.90. The van der Waals surface area contributed by atoms with Gasteiger partial charge in [-0.25, -0.2) is 4.79 Å². The normalized spacial score (nSPS) is 11.8. The van der Waals surface area contributed by atoms with Crippen molar-refractivity contribution >= 4 is 46.8 Å². The van der Waals surface area contributed by atoms with Crippen molar-refractivity contribution in [1.82, 2.24) is 0 Å². The minimum Gasteiger partial charge on any atom is -0.497 e. The van der Waals surface area contributed by atoms with Crippen LogP contribution in [0, 0.1) is 0 Å². The van der Waals surface area contributed by atoms with Crippen LogP contribution in [0.1, 0.15) is 12.5 Å². The Morgan fingerprint density at radius 1 is 1.12 bits per heavy atom. The lowest BCUT2D eigenvalue weighted by atomic mass is 10.2. The molecule has 136 valence electrons. The van der Waals surface area contributed by atoms with Gasteiger partial charge in [-0.05, 0) is 55.0 Å². The summed E-state index contributed by atoms with van der Waals surface area (Å²) in [6, 6.07) is 11.7. The maximum atomic E-state index is 12.1. The Morgan fingerprint density at radius 3 is 2.42 bits per heavy atom. The number of benzene rings is 2. The average molecular weight is 394 g/mol. The zero-order valence-corrected chi connectivity index (χ0v) is 15.7. The number of anilines is 1. The van der Waals surface area contributed by atoms with Crippen molar-refractivity contribution in [3.05, 3.63) is 64.1 Å². The van der Waals surface area contributed by atoms with E-state index in [9.17, 15) is 9.59 Å². The molecule has 0 aliphatic rings. The Hall–Kier alpha value is -2.50. The molecule has 2 aromatic carbocycles. The standard InChI is InChI=1S/C19H17Cl2NO4/c1-12(19(24)22-15-6-8-16(25-2)9-7-15)26-18(23)10-4-13-3-5-14(20)11-17(13)21/h3-12H,1-2H3,(H,22,24)/b10-4+/t12-/m1/s1. The highest BCUT2D eigenvalue weighted by molar-refractivity contribution is 6.35. The number of amides is 1. The first-order valence-electron chi connectivity index (χ1n) is 7.67. The average Bonchev–Trinajstić information content (AvgIpc) is 2.61. The summed E-state index contributed by atoms with van der Waals surface area (Å²) in [5.41, 5.74) is 1.19. The van der Waals surface area contributed by atoms with E-state index in [-0.39, 0.29) is 0 Å². The van der Waals surface area contributed by atoms with Gasteiger partial charge in [-0.15, -0.1) is 0 Å². The molecule has 0 radical (unpaired) electrons. The molecule has 0 aromatic heterocycles. The number of rotatable bonds is 6. The number of esters is 1. The van der Waals surface area contributed by atoms with E-state index in [1.54, 1.807) is 49.6 Å². The summed E-state index contributed by atoms with van der Waals surface area (Å²) >= 11 is 11.8. The highest BCUT2D eigenvalue weighted by Gasteiger charge is 2.16. The van der Waals surface area contributed by atoms with Crippen LogP contribution >= 0.6 is 23.2 Å². The van der Waals surface area contributed by atoms with Gasteiger partial charge < -0.3 is 14.8 Å². The van der Waals surface area contributed by atoms with Crippen molar-refractivity contribution in [3.63, 3.8) is 0 Å². The molecule has 0 spiro atoms. The smallest absolute Gasteiger partial charge is 0.331 e. The Labute approximate surface area is 161 Å². The Kier molecular flexibility index (Phi) is 7.06. The lowest BCUT2D eigenvalue weighted by molar-refractivity contribution is -0.148. The van der Waals surface area contributed by atoms with Crippen molar-refractivity contribution in [3.8, 4) is 5.75 Å². The van der Waals surface area contributed by atoms with Gasteiger partial charge in [0, 0.05) is 21.8 Å². The van der Waals surface area contributed by atoms with E-state index >= 15 is 0 Å². The zero-order valence-electron chi connectivity index (χ0n) is 14.2. The summed E-state index contributed by atoms with van der Waals surface area (Å²) in [4.78, 5) is 24.0. The number of hydrogen-bond acceptors (Lipinski definition) is 4. The van der Waals surface area contributed by atoms with Crippen LogP contribution in [0.3, 0.4) is 0 Å². The first-order valence-corrected chi connectivity index (χ1v) is 8.43. The molecule has 0 saturated carbocycles. The number of hydrogen-bond donors (Lipinski definition) is 1. The summed E-state index contributed by atoms with van der Waals surface area (Å²) in [6.07, 6.45) is 1.73. The summed E-state index contributed by atoms with van der Waals surface area (Å²) in [6.45, 7) is 1.49. The van der Waals surface area contributed by atoms with Crippen LogP contribution in [0.5, 0.6) is 5.75 Å². The van der Waals surface area contributed by atoms with Crippen LogP contribution in [0.2, 0.25) is 10.0 Å². The minimum absolute atomic E-state index is 0.409. The summed E-state index contributed by atoms with van der Waals surface area (Å²) in [7, 11) is 1.56. The second kappa shape index (κ2) is 9.27. The number of ether oxygens (including phenoxy) is 2. The molecule has 1 amide bonds. The third-order valence-corrected chi connectivity index (χ3v) is 3.94. The predicted octanol–water partition coefficient (Wildman–Crippen LogP) is 4.59. The van der Waals surface area contributed by atoms with Crippen LogP contribution < -0.4 is 10.1 Å². The first-order chi connectivity index (χ1) is 12.4. The SMILES string of the molecule is COc1ccc(NC(=O)[C@@H](C)OC(=O)/C=C/c2ccc(Cl)cc2Cl)cc1. The maximum absolute atomic E-state index is 12.1. The molecule has 26 heavy (non-hydrogen) atoms. The highest BCUT2D eigenvalue weighted by atomic mass is 35.5. The van der Waals surface area contributed by atoms with Crippen molar-refractivity contribution in [2.24, 2.45) is 0 Å². The van der Waals surface area contributed by atoms with Gasteiger partial charge in [-0.3, -0.25) is 4.79 Å².